The Morgan fingerprint density at radius 2 is 1.96 bits per heavy atom. The molecule has 152 valence electrons. The van der Waals surface area contributed by atoms with E-state index in [1.807, 2.05) is 6.92 Å². The van der Waals surface area contributed by atoms with Crippen LogP contribution in [-0.4, -0.2) is 48.0 Å². The molecule has 28 heavy (non-hydrogen) atoms. The second-order valence-corrected chi connectivity index (χ2v) is 6.63. The van der Waals surface area contributed by atoms with E-state index in [0.29, 0.717) is 24.8 Å². The molecule has 1 heterocycles. The molecule has 0 fully saturated rings. The predicted molar refractivity (Wildman–Crippen MR) is 99.2 cm³/mol. The summed E-state index contributed by atoms with van der Waals surface area (Å²) in [6.07, 6.45) is -2.45. The zero-order valence-electron chi connectivity index (χ0n) is 15.2. The molecule has 1 aromatic carbocycles. The van der Waals surface area contributed by atoms with Crippen LogP contribution in [0.15, 0.2) is 35.8 Å². The lowest BCUT2D eigenvalue weighted by atomic mass is 10.1. The van der Waals surface area contributed by atoms with Crippen LogP contribution in [0.1, 0.15) is 29.3 Å². The fourth-order valence-corrected chi connectivity index (χ4v) is 2.90. The molecular weight excluding hydrogens is 395 g/mol. The van der Waals surface area contributed by atoms with E-state index in [0.717, 1.165) is 24.3 Å². The molecule has 0 bridgehead atoms. The van der Waals surface area contributed by atoms with Gasteiger partial charge in [-0.3, -0.25) is 9.59 Å². The van der Waals surface area contributed by atoms with Gasteiger partial charge in [0.15, 0.2) is 5.13 Å². The Bertz CT molecular complexity index is 765. The van der Waals surface area contributed by atoms with Crippen LogP contribution in [-0.2, 0) is 15.7 Å². The van der Waals surface area contributed by atoms with E-state index in [2.05, 4.69) is 10.3 Å². The first-order valence-electron chi connectivity index (χ1n) is 8.55. The van der Waals surface area contributed by atoms with E-state index in [1.54, 1.807) is 5.38 Å². The number of hydrogen-bond acceptors (Lipinski definition) is 5. The Kier molecular flexibility index (Phi) is 7.94. The summed E-state index contributed by atoms with van der Waals surface area (Å²) in [5, 5.41) is 4.69. The number of halogens is 3. The first-order chi connectivity index (χ1) is 13.3. The molecule has 0 atom stereocenters. The van der Waals surface area contributed by atoms with Crippen molar-refractivity contribution >= 4 is 28.3 Å². The lowest BCUT2D eigenvalue weighted by molar-refractivity contribution is -0.137. The average molecular weight is 415 g/mol. The molecule has 0 unspecified atom stereocenters. The van der Waals surface area contributed by atoms with Gasteiger partial charge in [0.2, 0.25) is 5.91 Å². The molecule has 2 aromatic rings. The second kappa shape index (κ2) is 10.2. The maximum atomic E-state index is 12.7. The van der Waals surface area contributed by atoms with Gasteiger partial charge in [-0.05, 0) is 37.6 Å². The van der Waals surface area contributed by atoms with Crippen LogP contribution in [0.2, 0.25) is 0 Å². The molecule has 0 saturated carbocycles. The summed E-state index contributed by atoms with van der Waals surface area (Å²) in [6, 6.07) is 3.92. The normalized spacial score (nSPS) is 11.3. The number of thiazole rings is 1. The Hall–Kier alpha value is -2.46. The summed E-state index contributed by atoms with van der Waals surface area (Å²) in [5.74, 6) is -0.967. The largest absolute Gasteiger partial charge is 0.416 e. The molecule has 0 spiro atoms. The molecule has 1 N–H and O–H groups in total. The standard InChI is InChI=1S/C18H20F3N3O3S/c1-2-27-10-3-9-24(12-15(25)23-17-22-8-11-28-17)16(26)13-4-6-14(7-5-13)18(19,20)21/h4-8,11H,2-3,9-10,12H2,1H3,(H,22,23,25). The average Bonchev–Trinajstić information content (AvgIpc) is 3.16. The van der Waals surface area contributed by atoms with E-state index in [-0.39, 0.29) is 18.7 Å². The lowest BCUT2D eigenvalue weighted by Crippen LogP contribution is -2.39. The lowest BCUT2D eigenvalue weighted by Gasteiger charge is -2.22. The number of ether oxygens (including phenoxy) is 1. The molecule has 0 aliphatic heterocycles. The van der Waals surface area contributed by atoms with Gasteiger partial charge >= 0.3 is 6.18 Å². The second-order valence-electron chi connectivity index (χ2n) is 5.74. The van der Waals surface area contributed by atoms with Crippen molar-refractivity contribution in [3.63, 3.8) is 0 Å². The van der Waals surface area contributed by atoms with Gasteiger partial charge < -0.3 is 15.0 Å². The Morgan fingerprint density at radius 3 is 2.54 bits per heavy atom. The summed E-state index contributed by atoms with van der Waals surface area (Å²) in [7, 11) is 0. The molecule has 2 rings (SSSR count). The number of nitrogens with zero attached hydrogens (tertiary/aromatic N) is 2. The molecule has 0 radical (unpaired) electrons. The van der Waals surface area contributed by atoms with Crippen molar-refractivity contribution in [3.8, 4) is 0 Å². The predicted octanol–water partition coefficient (Wildman–Crippen LogP) is 3.67. The quantitative estimate of drug-likeness (QED) is 0.635. The molecule has 1 aromatic heterocycles. The Balaban J connectivity index is 2.07. The van der Waals surface area contributed by atoms with Crippen molar-refractivity contribution < 1.29 is 27.5 Å². The Labute approximate surface area is 164 Å². The first kappa shape index (κ1) is 21.8. The maximum absolute atomic E-state index is 12.7. The van der Waals surface area contributed by atoms with Crippen LogP contribution in [0.3, 0.4) is 0 Å². The molecule has 10 heteroatoms. The van der Waals surface area contributed by atoms with E-state index in [1.165, 1.54) is 22.4 Å². The smallest absolute Gasteiger partial charge is 0.382 e. The van der Waals surface area contributed by atoms with Crippen LogP contribution in [0.4, 0.5) is 18.3 Å². The molecule has 2 amide bonds. The number of carbonyl (C=O) groups excluding carboxylic acids is 2. The van der Waals surface area contributed by atoms with Gasteiger partial charge in [0, 0.05) is 36.9 Å². The maximum Gasteiger partial charge on any atom is 0.416 e. The zero-order valence-corrected chi connectivity index (χ0v) is 16.0. The molecule has 6 nitrogen and oxygen atoms in total. The van der Waals surface area contributed by atoms with Crippen molar-refractivity contribution in [2.75, 3.05) is 31.6 Å². The fraction of sp³-hybridized carbons (Fsp3) is 0.389. The third-order valence-corrected chi connectivity index (χ3v) is 4.37. The first-order valence-corrected chi connectivity index (χ1v) is 9.43. The molecule has 0 aliphatic rings. The van der Waals surface area contributed by atoms with E-state index >= 15 is 0 Å². The molecule has 0 aliphatic carbocycles. The van der Waals surface area contributed by atoms with Crippen molar-refractivity contribution in [1.82, 2.24) is 9.88 Å². The van der Waals surface area contributed by atoms with Gasteiger partial charge in [-0.15, -0.1) is 11.3 Å². The van der Waals surface area contributed by atoms with Crippen LogP contribution < -0.4 is 5.32 Å². The van der Waals surface area contributed by atoms with Crippen LogP contribution >= 0.6 is 11.3 Å². The number of benzene rings is 1. The zero-order chi connectivity index (χ0) is 20.6. The van der Waals surface area contributed by atoms with Crippen molar-refractivity contribution in [1.29, 1.82) is 0 Å². The minimum Gasteiger partial charge on any atom is -0.382 e. The summed E-state index contributed by atoms with van der Waals surface area (Å²) < 4.78 is 43.4. The van der Waals surface area contributed by atoms with Crippen molar-refractivity contribution in [2.45, 2.75) is 19.5 Å². The number of rotatable bonds is 9. The number of amides is 2. The summed E-state index contributed by atoms with van der Waals surface area (Å²) in [5.41, 5.74) is -0.764. The Morgan fingerprint density at radius 1 is 1.25 bits per heavy atom. The summed E-state index contributed by atoms with van der Waals surface area (Å²) in [6.45, 7) is 2.75. The van der Waals surface area contributed by atoms with E-state index in [9.17, 15) is 22.8 Å². The highest BCUT2D eigenvalue weighted by Crippen LogP contribution is 2.29. The SMILES string of the molecule is CCOCCCN(CC(=O)Nc1nccs1)C(=O)c1ccc(C(F)(F)F)cc1. The van der Waals surface area contributed by atoms with Gasteiger partial charge in [0.05, 0.1) is 5.56 Å². The number of carbonyl (C=O) groups is 2. The monoisotopic (exact) mass is 415 g/mol. The highest BCUT2D eigenvalue weighted by Gasteiger charge is 2.30. The van der Waals surface area contributed by atoms with E-state index < -0.39 is 23.6 Å². The van der Waals surface area contributed by atoms with Gasteiger partial charge in [-0.1, -0.05) is 0 Å². The fourth-order valence-electron chi connectivity index (χ4n) is 2.36. The minimum absolute atomic E-state index is 0.0754. The number of nitrogens with one attached hydrogen (secondary N) is 1. The highest BCUT2D eigenvalue weighted by atomic mass is 32.1. The van der Waals surface area contributed by atoms with Gasteiger partial charge in [0.1, 0.15) is 6.54 Å². The van der Waals surface area contributed by atoms with Crippen molar-refractivity contribution in [2.24, 2.45) is 0 Å². The molecule has 0 saturated heterocycles. The highest BCUT2D eigenvalue weighted by molar-refractivity contribution is 7.13. The van der Waals surface area contributed by atoms with Gasteiger partial charge in [-0.2, -0.15) is 13.2 Å². The molecular formula is C18H20F3N3O3S. The summed E-state index contributed by atoms with van der Waals surface area (Å²) >= 11 is 1.24. The number of aromatic nitrogens is 1. The topological polar surface area (TPSA) is 71.5 Å². The number of alkyl halides is 3. The third-order valence-electron chi connectivity index (χ3n) is 3.68. The van der Waals surface area contributed by atoms with Crippen molar-refractivity contribution in [3.05, 3.63) is 47.0 Å². The minimum atomic E-state index is -4.48. The summed E-state index contributed by atoms with van der Waals surface area (Å²) in [4.78, 5) is 30.2. The van der Waals surface area contributed by atoms with E-state index in [4.69, 9.17) is 4.74 Å². The van der Waals surface area contributed by atoms with Crippen LogP contribution in [0.5, 0.6) is 0 Å². The third kappa shape index (κ3) is 6.61. The number of hydrogen-bond donors (Lipinski definition) is 1. The number of anilines is 1. The van der Waals surface area contributed by atoms with Gasteiger partial charge in [0.25, 0.3) is 5.91 Å². The van der Waals surface area contributed by atoms with Gasteiger partial charge in [-0.25, -0.2) is 4.98 Å². The van der Waals surface area contributed by atoms with Crippen LogP contribution in [0.25, 0.3) is 0 Å². The van der Waals surface area contributed by atoms with Crippen LogP contribution in [0, 0.1) is 0 Å².